The van der Waals surface area contributed by atoms with Gasteiger partial charge in [-0.25, -0.2) is 0 Å². The minimum Gasteiger partial charge on any atom is -0.497 e. The summed E-state index contributed by atoms with van der Waals surface area (Å²) >= 11 is 3.53. The molecule has 0 heterocycles. The summed E-state index contributed by atoms with van der Waals surface area (Å²) in [6.07, 6.45) is 3.24. The average Bonchev–Trinajstić information content (AvgIpc) is 2.52. The fourth-order valence-corrected chi connectivity index (χ4v) is 2.88. The Labute approximate surface area is 135 Å². The van der Waals surface area contributed by atoms with Crippen LogP contribution in [0.5, 0.6) is 5.75 Å². The summed E-state index contributed by atoms with van der Waals surface area (Å²) < 4.78 is 6.33. The summed E-state index contributed by atoms with van der Waals surface area (Å²) in [4.78, 5) is 0. The van der Waals surface area contributed by atoms with Crippen LogP contribution < -0.4 is 10.1 Å². The lowest BCUT2D eigenvalue weighted by Gasteiger charge is -2.16. The number of hydrogen-bond acceptors (Lipinski definition) is 2. The zero-order valence-corrected chi connectivity index (χ0v) is 14.2. The third kappa shape index (κ3) is 5.18. The normalized spacial score (nSPS) is 12.1. The first kappa shape index (κ1) is 16.1. The van der Waals surface area contributed by atoms with E-state index in [1.165, 1.54) is 11.1 Å². The van der Waals surface area contributed by atoms with Crippen molar-refractivity contribution in [1.82, 2.24) is 5.32 Å². The molecule has 1 N–H and O–H groups in total. The van der Waals surface area contributed by atoms with Crippen molar-refractivity contribution < 1.29 is 4.74 Å². The summed E-state index contributed by atoms with van der Waals surface area (Å²) in [6, 6.07) is 17.4. The van der Waals surface area contributed by atoms with E-state index in [-0.39, 0.29) is 0 Å². The van der Waals surface area contributed by atoms with Crippen molar-refractivity contribution in [3.05, 3.63) is 64.1 Å². The number of ether oxygens (including phenoxy) is 1. The lowest BCUT2D eigenvalue weighted by molar-refractivity contribution is 0.414. The maximum atomic E-state index is 5.19. The van der Waals surface area contributed by atoms with Crippen LogP contribution in [-0.2, 0) is 12.8 Å². The van der Waals surface area contributed by atoms with E-state index in [2.05, 4.69) is 57.6 Å². The molecule has 21 heavy (non-hydrogen) atoms. The van der Waals surface area contributed by atoms with E-state index in [0.29, 0.717) is 6.04 Å². The predicted octanol–water partition coefficient (Wildman–Crippen LogP) is 4.22. The number of methoxy groups -OCH3 is 1. The van der Waals surface area contributed by atoms with Crippen molar-refractivity contribution in [2.24, 2.45) is 0 Å². The highest BCUT2D eigenvalue weighted by Gasteiger charge is 2.08. The molecule has 0 aliphatic carbocycles. The van der Waals surface area contributed by atoms with Gasteiger partial charge in [-0.1, -0.05) is 40.2 Å². The monoisotopic (exact) mass is 347 g/mol. The number of halogens is 1. The molecule has 0 radical (unpaired) electrons. The van der Waals surface area contributed by atoms with E-state index in [1.807, 2.05) is 19.2 Å². The smallest absolute Gasteiger partial charge is 0.118 e. The van der Waals surface area contributed by atoms with Gasteiger partial charge in [-0.05, 0) is 61.7 Å². The number of rotatable bonds is 7. The molecule has 0 amide bonds. The molecule has 0 aromatic heterocycles. The quantitative estimate of drug-likeness (QED) is 0.809. The molecule has 2 nitrogen and oxygen atoms in total. The van der Waals surface area contributed by atoms with Crippen LogP contribution in [0.25, 0.3) is 0 Å². The zero-order chi connectivity index (χ0) is 15.1. The summed E-state index contributed by atoms with van der Waals surface area (Å²) in [5, 5.41) is 3.42. The lowest BCUT2D eigenvalue weighted by Crippen LogP contribution is -2.28. The first-order valence-corrected chi connectivity index (χ1v) is 8.05. The molecule has 0 saturated carbocycles. The van der Waals surface area contributed by atoms with Crippen LogP contribution in [0.2, 0.25) is 0 Å². The van der Waals surface area contributed by atoms with Gasteiger partial charge in [0.05, 0.1) is 7.11 Å². The summed E-state index contributed by atoms with van der Waals surface area (Å²) in [7, 11) is 3.74. The number of likely N-dealkylation sites (N-methyl/N-ethyl adjacent to an activating group) is 1. The van der Waals surface area contributed by atoms with Gasteiger partial charge in [0, 0.05) is 10.5 Å². The van der Waals surface area contributed by atoms with Crippen molar-refractivity contribution >= 4 is 15.9 Å². The van der Waals surface area contributed by atoms with Crippen molar-refractivity contribution in [2.75, 3.05) is 14.2 Å². The zero-order valence-electron chi connectivity index (χ0n) is 12.6. The molecule has 2 rings (SSSR count). The molecule has 0 spiro atoms. The molecule has 0 saturated heterocycles. The first-order valence-electron chi connectivity index (χ1n) is 7.26. The molecule has 0 fully saturated rings. The van der Waals surface area contributed by atoms with Gasteiger partial charge in [-0.15, -0.1) is 0 Å². The Balaban J connectivity index is 1.89. The molecule has 0 bridgehead atoms. The molecule has 1 atom stereocenters. The molecule has 112 valence electrons. The van der Waals surface area contributed by atoms with Gasteiger partial charge >= 0.3 is 0 Å². The highest BCUT2D eigenvalue weighted by atomic mass is 79.9. The Morgan fingerprint density at radius 1 is 1.10 bits per heavy atom. The molecule has 2 aromatic carbocycles. The second kappa shape index (κ2) is 8.20. The Hall–Kier alpha value is -1.32. The van der Waals surface area contributed by atoms with Gasteiger partial charge in [0.25, 0.3) is 0 Å². The second-order valence-electron chi connectivity index (χ2n) is 5.21. The Morgan fingerprint density at radius 2 is 1.86 bits per heavy atom. The summed E-state index contributed by atoms with van der Waals surface area (Å²) in [6.45, 7) is 0. The molecule has 1 unspecified atom stereocenters. The van der Waals surface area contributed by atoms with Gasteiger partial charge in [0.15, 0.2) is 0 Å². The Kier molecular flexibility index (Phi) is 6.27. The standard InChI is InChI=1S/C18H22BrNO/c1-20-17(13-15-4-3-5-16(19)12-15)9-6-14-7-10-18(21-2)11-8-14/h3-5,7-8,10-12,17,20H,6,9,13H2,1-2H3. The fourth-order valence-electron chi connectivity index (χ4n) is 2.43. The van der Waals surface area contributed by atoms with Crippen molar-refractivity contribution in [3.63, 3.8) is 0 Å². The van der Waals surface area contributed by atoms with Gasteiger partial charge in [-0.2, -0.15) is 0 Å². The third-order valence-corrected chi connectivity index (χ3v) is 4.21. The Bertz CT molecular complexity index is 553. The molecule has 0 aliphatic heterocycles. The van der Waals surface area contributed by atoms with E-state index in [9.17, 15) is 0 Å². The molecular formula is C18H22BrNO. The summed E-state index contributed by atoms with van der Waals surface area (Å²) in [5.74, 6) is 0.915. The first-order chi connectivity index (χ1) is 10.2. The highest BCUT2D eigenvalue weighted by Crippen LogP contribution is 2.16. The second-order valence-corrected chi connectivity index (χ2v) is 6.12. The maximum Gasteiger partial charge on any atom is 0.118 e. The van der Waals surface area contributed by atoms with Gasteiger partial charge in [0.2, 0.25) is 0 Å². The van der Waals surface area contributed by atoms with Gasteiger partial charge in [0.1, 0.15) is 5.75 Å². The van der Waals surface area contributed by atoms with Crippen molar-refractivity contribution in [2.45, 2.75) is 25.3 Å². The van der Waals surface area contributed by atoms with Crippen LogP contribution in [0.4, 0.5) is 0 Å². The molecular weight excluding hydrogens is 326 g/mol. The van der Waals surface area contributed by atoms with Crippen LogP contribution in [-0.4, -0.2) is 20.2 Å². The number of hydrogen-bond donors (Lipinski definition) is 1. The largest absolute Gasteiger partial charge is 0.497 e. The lowest BCUT2D eigenvalue weighted by atomic mass is 9.99. The van der Waals surface area contributed by atoms with Crippen LogP contribution >= 0.6 is 15.9 Å². The molecule has 2 aromatic rings. The van der Waals surface area contributed by atoms with E-state index in [4.69, 9.17) is 4.74 Å². The van der Waals surface area contributed by atoms with Crippen molar-refractivity contribution in [3.8, 4) is 5.75 Å². The van der Waals surface area contributed by atoms with Crippen LogP contribution in [0, 0.1) is 0 Å². The SMILES string of the molecule is CNC(CCc1ccc(OC)cc1)Cc1cccc(Br)c1. The minimum atomic E-state index is 0.487. The number of nitrogens with one attached hydrogen (secondary N) is 1. The van der Waals surface area contributed by atoms with E-state index in [0.717, 1.165) is 29.5 Å². The van der Waals surface area contributed by atoms with Gasteiger partial charge in [-0.3, -0.25) is 0 Å². The van der Waals surface area contributed by atoms with Gasteiger partial charge < -0.3 is 10.1 Å². The topological polar surface area (TPSA) is 21.3 Å². The number of benzene rings is 2. The maximum absolute atomic E-state index is 5.19. The minimum absolute atomic E-state index is 0.487. The van der Waals surface area contributed by atoms with Crippen LogP contribution in [0.3, 0.4) is 0 Å². The Morgan fingerprint density at radius 3 is 2.48 bits per heavy atom. The van der Waals surface area contributed by atoms with Crippen LogP contribution in [0.15, 0.2) is 53.0 Å². The number of aryl methyl sites for hydroxylation is 1. The van der Waals surface area contributed by atoms with Crippen molar-refractivity contribution in [1.29, 1.82) is 0 Å². The summed E-state index contributed by atoms with van der Waals surface area (Å²) in [5.41, 5.74) is 2.71. The highest BCUT2D eigenvalue weighted by molar-refractivity contribution is 9.10. The van der Waals surface area contributed by atoms with E-state index < -0.39 is 0 Å². The fraction of sp³-hybridized carbons (Fsp3) is 0.333. The van der Waals surface area contributed by atoms with E-state index >= 15 is 0 Å². The average molecular weight is 348 g/mol. The molecule has 3 heteroatoms. The van der Waals surface area contributed by atoms with E-state index in [1.54, 1.807) is 7.11 Å². The predicted molar refractivity (Wildman–Crippen MR) is 92.0 cm³/mol. The third-order valence-electron chi connectivity index (χ3n) is 3.72. The molecule has 0 aliphatic rings. The van der Waals surface area contributed by atoms with Crippen LogP contribution in [0.1, 0.15) is 17.5 Å².